The highest BCUT2D eigenvalue weighted by molar-refractivity contribution is 5.96. The second-order valence-electron chi connectivity index (χ2n) is 6.60. The Kier molecular flexibility index (Phi) is 6.56. The molecule has 0 saturated carbocycles. The van der Waals surface area contributed by atoms with Crippen LogP contribution >= 0.6 is 0 Å². The van der Waals surface area contributed by atoms with E-state index in [1.54, 1.807) is 0 Å². The van der Waals surface area contributed by atoms with Crippen LogP contribution in [0.3, 0.4) is 0 Å². The van der Waals surface area contributed by atoms with Gasteiger partial charge in [0.2, 0.25) is 5.91 Å². The van der Waals surface area contributed by atoms with Gasteiger partial charge in [0, 0.05) is 0 Å². The normalized spacial score (nSPS) is 12.5. The molecule has 2 aromatic rings. The maximum atomic E-state index is 12.6. The van der Waals surface area contributed by atoms with Crippen molar-refractivity contribution in [2.45, 2.75) is 32.5 Å². The Hall–Kier alpha value is -3.44. The molecule has 12 heteroatoms. The van der Waals surface area contributed by atoms with Gasteiger partial charge in [0.1, 0.15) is 17.6 Å². The van der Waals surface area contributed by atoms with Gasteiger partial charge < -0.3 is 22.1 Å². The van der Waals surface area contributed by atoms with Crippen LogP contribution < -0.4 is 22.1 Å². The fourth-order valence-corrected chi connectivity index (χ4v) is 2.39. The fourth-order valence-electron chi connectivity index (χ4n) is 2.39. The number of amides is 2. The number of hydrogen-bond acceptors (Lipinski definition) is 7. The molecular weight excluding hydrogens is 391 g/mol. The lowest BCUT2D eigenvalue weighted by Gasteiger charge is -2.18. The van der Waals surface area contributed by atoms with Crippen molar-refractivity contribution < 1.29 is 22.8 Å². The van der Waals surface area contributed by atoms with Crippen LogP contribution in [0.15, 0.2) is 24.5 Å². The summed E-state index contributed by atoms with van der Waals surface area (Å²) in [4.78, 5) is 34.6. The third-order valence-corrected chi connectivity index (χ3v) is 3.70. The highest BCUT2D eigenvalue weighted by Crippen LogP contribution is 2.28. The van der Waals surface area contributed by atoms with E-state index >= 15 is 0 Å². The zero-order valence-corrected chi connectivity index (χ0v) is 15.6. The molecule has 2 rings (SSSR count). The Labute approximate surface area is 164 Å². The Morgan fingerprint density at radius 3 is 2.31 bits per heavy atom. The average molecular weight is 411 g/mol. The predicted molar refractivity (Wildman–Crippen MR) is 99.1 cm³/mol. The summed E-state index contributed by atoms with van der Waals surface area (Å²) < 4.78 is 37.9. The Morgan fingerprint density at radius 2 is 1.83 bits per heavy atom. The molecule has 0 radical (unpaired) electrons. The molecule has 0 aliphatic rings. The SMILES string of the molecule is CC(C)CC(Nc1cnc(C(N)=O)c(Nc2ccc(C(F)(F)F)nc2)n1)C(N)=O. The monoisotopic (exact) mass is 411 g/mol. The van der Waals surface area contributed by atoms with Crippen LogP contribution in [0.4, 0.5) is 30.5 Å². The first-order valence-corrected chi connectivity index (χ1v) is 8.50. The van der Waals surface area contributed by atoms with Gasteiger partial charge in [-0.1, -0.05) is 13.8 Å². The second-order valence-corrected chi connectivity index (χ2v) is 6.60. The van der Waals surface area contributed by atoms with Gasteiger partial charge in [0.05, 0.1) is 18.1 Å². The molecule has 2 amide bonds. The van der Waals surface area contributed by atoms with Crippen molar-refractivity contribution in [3.63, 3.8) is 0 Å². The van der Waals surface area contributed by atoms with Crippen molar-refractivity contribution in [1.29, 1.82) is 0 Å². The molecule has 1 atom stereocenters. The summed E-state index contributed by atoms with van der Waals surface area (Å²) in [5, 5.41) is 5.48. The first-order valence-electron chi connectivity index (χ1n) is 8.50. The van der Waals surface area contributed by atoms with E-state index in [0.717, 1.165) is 18.3 Å². The highest BCUT2D eigenvalue weighted by atomic mass is 19.4. The van der Waals surface area contributed by atoms with Crippen LogP contribution in [0.5, 0.6) is 0 Å². The number of carbonyl (C=O) groups excluding carboxylic acids is 2. The maximum absolute atomic E-state index is 12.6. The largest absolute Gasteiger partial charge is 0.433 e. The Balaban J connectivity index is 2.31. The van der Waals surface area contributed by atoms with Gasteiger partial charge >= 0.3 is 6.18 Å². The van der Waals surface area contributed by atoms with Gasteiger partial charge in [0.25, 0.3) is 5.91 Å². The number of anilines is 3. The Bertz CT molecular complexity index is 886. The van der Waals surface area contributed by atoms with Gasteiger partial charge in [-0.3, -0.25) is 9.59 Å². The minimum atomic E-state index is -4.58. The number of nitrogens with two attached hydrogens (primary N) is 2. The summed E-state index contributed by atoms with van der Waals surface area (Å²) in [7, 11) is 0. The summed E-state index contributed by atoms with van der Waals surface area (Å²) >= 11 is 0. The van der Waals surface area contributed by atoms with Gasteiger partial charge in [-0.15, -0.1) is 0 Å². The van der Waals surface area contributed by atoms with E-state index in [2.05, 4.69) is 25.6 Å². The van der Waals surface area contributed by atoms with Crippen LogP contribution in [0.1, 0.15) is 36.5 Å². The standard InChI is InChI=1S/C17H20F3N7O2/c1-8(2)5-10(14(21)28)26-12-7-24-13(15(22)29)16(27-12)25-9-3-4-11(23-6-9)17(18,19)20/h3-4,6-8,10H,5H2,1-2H3,(H2,21,28)(H2,22,29)(H2,25,26,27). The summed E-state index contributed by atoms with van der Waals surface area (Å²) in [5.74, 6) is -1.33. The number of hydrogen-bond donors (Lipinski definition) is 4. The molecule has 0 fully saturated rings. The molecule has 156 valence electrons. The van der Waals surface area contributed by atoms with Crippen LogP contribution in [0.2, 0.25) is 0 Å². The molecule has 29 heavy (non-hydrogen) atoms. The first kappa shape index (κ1) is 21.9. The lowest BCUT2D eigenvalue weighted by atomic mass is 10.0. The molecule has 0 aliphatic carbocycles. The molecule has 0 saturated heterocycles. The molecule has 0 spiro atoms. The molecule has 0 aromatic carbocycles. The topological polar surface area (TPSA) is 149 Å². The molecule has 2 heterocycles. The van der Waals surface area contributed by atoms with Crippen LogP contribution in [0, 0.1) is 5.92 Å². The van der Waals surface area contributed by atoms with Crippen molar-refractivity contribution in [3.8, 4) is 0 Å². The summed E-state index contributed by atoms with van der Waals surface area (Å²) in [5.41, 5.74) is 9.47. The minimum absolute atomic E-state index is 0.114. The molecule has 6 N–H and O–H groups in total. The van der Waals surface area contributed by atoms with E-state index in [1.165, 1.54) is 6.20 Å². The molecular formula is C17H20F3N7O2. The van der Waals surface area contributed by atoms with E-state index in [4.69, 9.17) is 11.5 Å². The predicted octanol–water partition coefficient (Wildman–Crippen LogP) is 2.04. The van der Waals surface area contributed by atoms with Crippen LogP contribution in [-0.4, -0.2) is 32.8 Å². The number of primary amides is 2. The van der Waals surface area contributed by atoms with Crippen molar-refractivity contribution in [2.24, 2.45) is 17.4 Å². The lowest BCUT2D eigenvalue weighted by Crippen LogP contribution is -2.37. The minimum Gasteiger partial charge on any atom is -0.368 e. The third kappa shape index (κ3) is 6.02. The van der Waals surface area contributed by atoms with Crippen molar-refractivity contribution in [3.05, 3.63) is 35.9 Å². The summed E-state index contributed by atoms with van der Waals surface area (Å²) in [6.45, 7) is 3.81. The molecule has 2 aromatic heterocycles. The lowest BCUT2D eigenvalue weighted by molar-refractivity contribution is -0.141. The number of nitrogens with zero attached hydrogens (tertiary/aromatic N) is 3. The molecule has 0 aliphatic heterocycles. The quantitative estimate of drug-likeness (QED) is 0.519. The maximum Gasteiger partial charge on any atom is 0.433 e. The van der Waals surface area contributed by atoms with Crippen LogP contribution in [-0.2, 0) is 11.0 Å². The van der Waals surface area contributed by atoms with Crippen LogP contribution in [0.25, 0.3) is 0 Å². The highest BCUT2D eigenvalue weighted by Gasteiger charge is 2.32. The third-order valence-electron chi connectivity index (χ3n) is 3.70. The number of nitrogens with one attached hydrogen (secondary N) is 2. The number of alkyl halides is 3. The van der Waals surface area contributed by atoms with E-state index in [1.807, 2.05) is 13.8 Å². The first-order chi connectivity index (χ1) is 13.5. The molecule has 9 nitrogen and oxygen atoms in total. The van der Waals surface area contributed by atoms with Gasteiger partial charge in [-0.05, 0) is 24.5 Å². The summed E-state index contributed by atoms with van der Waals surface area (Å²) in [6, 6.07) is 1.16. The fraction of sp³-hybridized carbons (Fsp3) is 0.353. The number of pyridine rings is 1. The van der Waals surface area contributed by atoms with Crippen molar-refractivity contribution in [1.82, 2.24) is 15.0 Å². The van der Waals surface area contributed by atoms with Gasteiger partial charge in [-0.25, -0.2) is 15.0 Å². The number of aromatic nitrogens is 3. The van der Waals surface area contributed by atoms with Gasteiger partial charge in [0.15, 0.2) is 11.5 Å². The van der Waals surface area contributed by atoms with E-state index in [9.17, 15) is 22.8 Å². The second kappa shape index (κ2) is 8.71. The molecule has 0 bridgehead atoms. The van der Waals surface area contributed by atoms with Gasteiger partial charge in [-0.2, -0.15) is 13.2 Å². The van der Waals surface area contributed by atoms with E-state index in [-0.39, 0.29) is 28.9 Å². The molecule has 1 unspecified atom stereocenters. The van der Waals surface area contributed by atoms with E-state index in [0.29, 0.717) is 6.42 Å². The average Bonchev–Trinajstić information content (AvgIpc) is 2.60. The number of halogens is 3. The Morgan fingerprint density at radius 1 is 1.14 bits per heavy atom. The van der Waals surface area contributed by atoms with E-state index < -0.39 is 29.7 Å². The zero-order chi connectivity index (χ0) is 21.8. The zero-order valence-electron chi connectivity index (χ0n) is 15.6. The smallest absolute Gasteiger partial charge is 0.368 e. The number of carbonyl (C=O) groups is 2. The van der Waals surface area contributed by atoms with Crippen molar-refractivity contribution in [2.75, 3.05) is 10.6 Å². The number of rotatable bonds is 8. The van der Waals surface area contributed by atoms with Crippen molar-refractivity contribution >= 4 is 29.1 Å². The summed E-state index contributed by atoms with van der Waals surface area (Å²) in [6.07, 6.45) is -2.02.